The van der Waals surface area contributed by atoms with Crippen LogP contribution < -0.4 is 0 Å². The number of nitrogens with zero attached hydrogens (tertiary/aromatic N) is 3. The van der Waals surface area contributed by atoms with Crippen molar-refractivity contribution < 1.29 is 4.79 Å². The van der Waals surface area contributed by atoms with Crippen LogP contribution in [0.3, 0.4) is 0 Å². The second-order valence-corrected chi connectivity index (χ2v) is 5.59. The zero-order valence-corrected chi connectivity index (χ0v) is 11.9. The van der Waals surface area contributed by atoms with Gasteiger partial charge in [0.2, 0.25) is 0 Å². The second-order valence-electron chi connectivity index (χ2n) is 4.20. The van der Waals surface area contributed by atoms with Crippen molar-refractivity contribution >= 4 is 29.2 Å². The average Bonchev–Trinajstić information content (AvgIpc) is 3.10. The van der Waals surface area contributed by atoms with E-state index in [9.17, 15) is 4.79 Å². The molecule has 6 heteroatoms. The van der Waals surface area contributed by atoms with Crippen LogP contribution in [0.4, 0.5) is 0 Å². The second kappa shape index (κ2) is 5.56. The maximum Gasteiger partial charge on any atom is 0.172 e. The third-order valence-corrected chi connectivity index (χ3v) is 4.00. The van der Waals surface area contributed by atoms with Gasteiger partial charge in [0.1, 0.15) is 5.69 Å². The van der Waals surface area contributed by atoms with Crippen LogP contribution in [0, 0.1) is 0 Å². The summed E-state index contributed by atoms with van der Waals surface area (Å²) in [6, 6.07) is 11.4. The SMILES string of the molecule is O=Cc1nnn(Cc2ccc(Cl)cc2)c1-c1cccs1. The van der Waals surface area contributed by atoms with Gasteiger partial charge in [-0.3, -0.25) is 4.79 Å². The fraction of sp³-hybridized carbons (Fsp3) is 0.0714. The fourth-order valence-corrected chi connectivity index (χ4v) is 2.85. The number of benzene rings is 1. The standard InChI is InChI=1S/C14H10ClN3OS/c15-11-5-3-10(4-6-11)8-18-14(12(9-19)16-17-18)13-2-1-7-20-13/h1-7,9H,8H2. The van der Waals surface area contributed by atoms with Gasteiger partial charge >= 0.3 is 0 Å². The quantitative estimate of drug-likeness (QED) is 0.693. The summed E-state index contributed by atoms with van der Waals surface area (Å²) in [5, 5.41) is 10.7. The minimum absolute atomic E-state index is 0.362. The summed E-state index contributed by atoms with van der Waals surface area (Å²) in [5.41, 5.74) is 2.17. The first-order chi connectivity index (χ1) is 9.78. The Morgan fingerprint density at radius 1 is 1.25 bits per heavy atom. The summed E-state index contributed by atoms with van der Waals surface area (Å²) in [6.45, 7) is 0.547. The van der Waals surface area contributed by atoms with Gasteiger partial charge in [-0.1, -0.05) is 35.0 Å². The molecule has 0 fully saturated rings. The fourth-order valence-electron chi connectivity index (χ4n) is 1.95. The lowest BCUT2D eigenvalue weighted by Crippen LogP contribution is -2.03. The number of thiophene rings is 1. The molecule has 0 N–H and O–H groups in total. The first kappa shape index (κ1) is 13.0. The smallest absolute Gasteiger partial charge is 0.172 e. The molecule has 2 aromatic heterocycles. The van der Waals surface area contributed by atoms with Crippen LogP contribution in [0.5, 0.6) is 0 Å². The molecule has 0 aliphatic heterocycles. The Labute approximate surface area is 124 Å². The molecular weight excluding hydrogens is 294 g/mol. The number of hydrogen-bond donors (Lipinski definition) is 0. The molecule has 0 aliphatic carbocycles. The van der Waals surface area contributed by atoms with Crippen molar-refractivity contribution in [1.29, 1.82) is 0 Å². The highest BCUT2D eigenvalue weighted by molar-refractivity contribution is 7.13. The Bertz CT molecular complexity index is 719. The van der Waals surface area contributed by atoms with Crippen LogP contribution in [0.15, 0.2) is 41.8 Å². The van der Waals surface area contributed by atoms with Crippen molar-refractivity contribution in [2.75, 3.05) is 0 Å². The molecule has 0 unspecified atom stereocenters. The Kier molecular flexibility index (Phi) is 3.62. The molecule has 0 bridgehead atoms. The van der Waals surface area contributed by atoms with Crippen LogP contribution in [-0.4, -0.2) is 21.3 Å². The van der Waals surface area contributed by atoms with Crippen molar-refractivity contribution in [3.8, 4) is 10.6 Å². The number of hydrogen-bond acceptors (Lipinski definition) is 4. The Balaban J connectivity index is 2.00. The summed E-state index contributed by atoms with van der Waals surface area (Å²) >= 11 is 7.43. The molecule has 4 nitrogen and oxygen atoms in total. The molecule has 100 valence electrons. The third kappa shape index (κ3) is 2.50. The number of halogens is 1. The Hall–Kier alpha value is -1.98. The molecule has 1 aromatic carbocycles. The van der Waals surface area contributed by atoms with E-state index in [1.807, 2.05) is 41.8 Å². The average molecular weight is 304 g/mol. The van der Waals surface area contributed by atoms with Gasteiger partial charge in [-0.15, -0.1) is 16.4 Å². The van der Waals surface area contributed by atoms with Crippen LogP contribution in [0.1, 0.15) is 16.1 Å². The largest absolute Gasteiger partial charge is 0.296 e. The van der Waals surface area contributed by atoms with Crippen molar-refractivity contribution in [3.63, 3.8) is 0 Å². The van der Waals surface area contributed by atoms with E-state index in [-0.39, 0.29) is 0 Å². The first-order valence-corrected chi connectivity index (χ1v) is 7.20. The van der Waals surface area contributed by atoms with Crippen LogP contribution in [-0.2, 0) is 6.54 Å². The summed E-state index contributed by atoms with van der Waals surface area (Å²) in [5.74, 6) is 0. The summed E-state index contributed by atoms with van der Waals surface area (Å²) < 4.78 is 1.73. The molecule has 3 rings (SSSR count). The van der Waals surface area contributed by atoms with Crippen LogP contribution >= 0.6 is 22.9 Å². The summed E-state index contributed by atoms with van der Waals surface area (Å²) in [4.78, 5) is 12.1. The van der Waals surface area contributed by atoms with Crippen molar-refractivity contribution in [2.24, 2.45) is 0 Å². The molecule has 0 atom stereocenters. The van der Waals surface area contributed by atoms with Crippen molar-refractivity contribution in [2.45, 2.75) is 6.54 Å². The zero-order valence-electron chi connectivity index (χ0n) is 10.4. The molecule has 0 spiro atoms. The topological polar surface area (TPSA) is 47.8 Å². The van der Waals surface area contributed by atoms with E-state index in [1.165, 1.54) is 0 Å². The monoisotopic (exact) mass is 303 g/mol. The van der Waals surface area contributed by atoms with Crippen molar-refractivity contribution in [3.05, 3.63) is 58.1 Å². The predicted octanol–water partition coefficient (Wildman–Crippen LogP) is 3.52. The van der Waals surface area contributed by atoms with Gasteiger partial charge in [-0.2, -0.15) is 0 Å². The minimum Gasteiger partial charge on any atom is -0.296 e. The maximum absolute atomic E-state index is 11.1. The molecule has 0 amide bonds. The Morgan fingerprint density at radius 3 is 2.70 bits per heavy atom. The van der Waals surface area contributed by atoms with E-state index >= 15 is 0 Å². The normalized spacial score (nSPS) is 10.7. The number of carbonyl (C=O) groups is 1. The van der Waals surface area contributed by atoms with Crippen LogP contribution in [0.25, 0.3) is 10.6 Å². The third-order valence-electron chi connectivity index (χ3n) is 2.87. The summed E-state index contributed by atoms with van der Waals surface area (Å²) in [6.07, 6.45) is 0.737. The number of aldehydes is 1. The predicted molar refractivity (Wildman–Crippen MR) is 79.3 cm³/mol. The minimum atomic E-state index is 0.362. The lowest BCUT2D eigenvalue weighted by Gasteiger charge is -2.05. The van der Waals surface area contributed by atoms with E-state index in [1.54, 1.807) is 16.0 Å². The number of rotatable bonds is 4. The molecule has 0 saturated carbocycles. The molecule has 3 aromatic rings. The lowest BCUT2D eigenvalue weighted by molar-refractivity contribution is 0.111. The van der Waals surface area contributed by atoms with Gasteiger partial charge in [0.15, 0.2) is 12.0 Å². The van der Waals surface area contributed by atoms with E-state index in [0.717, 1.165) is 22.4 Å². The molecule has 0 saturated heterocycles. The first-order valence-electron chi connectivity index (χ1n) is 5.95. The van der Waals surface area contributed by atoms with Gasteiger partial charge in [0.05, 0.1) is 11.4 Å². The highest BCUT2D eigenvalue weighted by Gasteiger charge is 2.15. The molecule has 0 aliphatic rings. The van der Waals surface area contributed by atoms with Gasteiger partial charge < -0.3 is 0 Å². The molecule has 2 heterocycles. The number of carbonyl (C=O) groups excluding carboxylic acids is 1. The van der Waals surface area contributed by atoms with Gasteiger partial charge in [0, 0.05) is 5.02 Å². The van der Waals surface area contributed by atoms with E-state index in [0.29, 0.717) is 17.3 Å². The van der Waals surface area contributed by atoms with Crippen molar-refractivity contribution in [1.82, 2.24) is 15.0 Å². The zero-order chi connectivity index (χ0) is 13.9. The van der Waals surface area contributed by atoms with E-state index < -0.39 is 0 Å². The van der Waals surface area contributed by atoms with Gasteiger partial charge in [-0.25, -0.2) is 4.68 Å². The molecular formula is C14H10ClN3OS. The van der Waals surface area contributed by atoms with E-state index in [2.05, 4.69) is 10.3 Å². The van der Waals surface area contributed by atoms with Crippen LogP contribution in [0.2, 0.25) is 5.02 Å². The maximum atomic E-state index is 11.1. The highest BCUT2D eigenvalue weighted by Crippen LogP contribution is 2.26. The summed E-state index contributed by atoms with van der Waals surface area (Å²) in [7, 11) is 0. The molecule has 20 heavy (non-hydrogen) atoms. The highest BCUT2D eigenvalue weighted by atomic mass is 35.5. The van der Waals surface area contributed by atoms with E-state index in [4.69, 9.17) is 11.6 Å². The Morgan fingerprint density at radius 2 is 2.05 bits per heavy atom. The van der Waals surface area contributed by atoms with Gasteiger partial charge in [0.25, 0.3) is 0 Å². The molecule has 0 radical (unpaired) electrons. The lowest BCUT2D eigenvalue weighted by atomic mass is 10.2. The van der Waals surface area contributed by atoms with Gasteiger partial charge in [-0.05, 0) is 29.1 Å². The number of aromatic nitrogens is 3.